The van der Waals surface area contributed by atoms with Crippen LogP contribution >= 0.6 is 11.3 Å². The topological polar surface area (TPSA) is 71.8 Å². The third kappa shape index (κ3) is 5.70. The summed E-state index contributed by atoms with van der Waals surface area (Å²) in [5.74, 6) is 1.07. The lowest BCUT2D eigenvalue weighted by molar-refractivity contribution is 0.460. The van der Waals surface area contributed by atoms with Crippen molar-refractivity contribution >= 4 is 45.2 Å². The van der Waals surface area contributed by atoms with Gasteiger partial charge in [0.1, 0.15) is 5.65 Å². The van der Waals surface area contributed by atoms with Crippen LogP contribution in [-0.2, 0) is 6.54 Å². The molecule has 0 amide bonds. The molecule has 0 spiro atoms. The second-order valence-electron chi connectivity index (χ2n) is 11.4. The van der Waals surface area contributed by atoms with Crippen molar-refractivity contribution in [3.05, 3.63) is 128 Å². The highest BCUT2D eigenvalue weighted by atomic mass is 32.1. The van der Waals surface area contributed by atoms with Crippen molar-refractivity contribution in [2.75, 3.05) is 18.4 Å². The van der Waals surface area contributed by atoms with Crippen LogP contribution in [0.4, 0.5) is 11.6 Å². The van der Waals surface area contributed by atoms with Crippen LogP contribution in [0.2, 0.25) is 0 Å². The Labute approximate surface area is 255 Å². The summed E-state index contributed by atoms with van der Waals surface area (Å²) in [7, 11) is 0. The Hall–Kier alpha value is -4.33. The van der Waals surface area contributed by atoms with Gasteiger partial charge in [-0.1, -0.05) is 55.1 Å². The van der Waals surface area contributed by atoms with E-state index >= 15 is 0 Å². The molecule has 1 aliphatic heterocycles. The highest BCUT2D eigenvalue weighted by Gasteiger charge is 2.19. The number of rotatable bonds is 8. The highest BCUT2D eigenvalue weighted by molar-refractivity contribution is 7.10. The Kier molecular flexibility index (Phi) is 7.75. The van der Waals surface area contributed by atoms with Crippen LogP contribution in [0.3, 0.4) is 0 Å². The summed E-state index contributed by atoms with van der Waals surface area (Å²) < 4.78 is 1.80. The summed E-state index contributed by atoms with van der Waals surface area (Å²) in [5, 5.41) is 9.74. The van der Waals surface area contributed by atoms with Crippen LogP contribution in [-0.4, -0.2) is 27.6 Å². The van der Waals surface area contributed by atoms with E-state index in [9.17, 15) is 4.79 Å². The maximum atomic E-state index is 14.2. The van der Waals surface area contributed by atoms with Gasteiger partial charge in [0.05, 0.1) is 6.54 Å². The molecule has 4 heterocycles. The maximum Gasteiger partial charge on any atom is 0.260 e. The van der Waals surface area contributed by atoms with Crippen LogP contribution in [0.1, 0.15) is 65.2 Å². The van der Waals surface area contributed by atoms with E-state index in [2.05, 4.69) is 64.0 Å². The van der Waals surface area contributed by atoms with E-state index in [1.54, 1.807) is 22.1 Å². The average molecular weight is 586 g/mol. The van der Waals surface area contributed by atoms with Gasteiger partial charge in [0.15, 0.2) is 0 Å². The molecule has 7 heteroatoms. The van der Waals surface area contributed by atoms with E-state index in [1.807, 2.05) is 36.4 Å². The van der Waals surface area contributed by atoms with Crippen molar-refractivity contribution in [1.29, 1.82) is 0 Å². The van der Waals surface area contributed by atoms with Gasteiger partial charge in [-0.2, -0.15) is 4.98 Å². The van der Waals surface area contributed by atoms with Gasteiger partial charge in [0.25, 0.3) is 5.56 Å². The third-order valence-electron chi connectivity index (χ3n) is 8.69. The number of hydrogen-bond acceptors (Lipinski definition) is 6. The number of nitrogens with one attached hydrogen (secondary N) is 2. The van der Waals surface area contributed by atoms with Gasteiger partial charge in [0.2, 0.25) is 5.95 Å². The van der Waals surface area contributed by atoms with E-state index in [4.69, 9.17) is 4.98 Å². The second kappa shape index (κ2) is 12.1. The Balaban J connectivity index is 1.27. The van der Waals surface area contributed by atoms with Gasteiger partial charge in [0, 0.05) is 27.7 Å². The van der Waals surface area contributed by atoms with Crippen molar-refractivity contribution in [2.24, 2.45) is 0 Å². The smallest absolute Gasteiger partial charge is 0.260 e. The largest absolute Gasteiger partial charge is 0.324 e. The lowest BCUT2D eigenvalue weighted by atomic mass is 9.90. The SMILES string of the molecule is C=C(c1ccccc1)c1cc2cnc(Nc3ccc(C4CCNCC4)cc3)nc2n(Cc2sccc2C2=CCCC2)c1=O. The van der Waals surface area contributed by atoms with Gasteiger partial charge in [-0.25, -0.2) is 4.98 Å². The van der Waals surface area contributed by atoms with E-state index < -0.39 is 0 Å². The molecule has 2 aliphatic rings. The molecule has 3 aromatic heterocycles. The first-order valence-electron chi connectivity index (χ1n) is 15.1. The highest BCUT2D eigenvalue weighted by Crippen LogP contribution is 2.34. The summed E-state index contributed by atoms with van der Waals surface area (Å²) in [6, 6.07) is 22.5. The fourth-order valence-electron chi connectivity index (χ4n) is 6.31. The molecule has 0 radical (unpaired) electrons. The molecule has 2 aromatic carbocycles. The predicted molar refractivity (Wildman–Crippen MR) is 178 cm³/mol. The first kappa shape index (κ1) is 27.5. The normalized spacial score (nSPS) is 15.5. The number of thiophene rings is 1. The van der Waals surface area contributed by atoms with Crippen LogP contribution in [0.5, 0.6) is 0 Å². The molecular weight excluding hydrogens is 550 g/mol. The molecule has 5 aromatic rings. The Morgan fingerprint density at radius 2 is 1.88 bits per heavy atom. The molecule has 6 nitrogen and oxygen atoms in total. The van der Waals surface area contributed by atoms with Crippen molar-refractivity contribution in [3.8, 4) is 0 Å². The van der Waals surface area contributed by atoms with Crippen molar-refractivity contribution in [1.82, 2.24) is 19.9 Å². The minimum Gasteiger partial charge on any atom is -0.324 e. The molecule has 2 N–H and O–H groups in total. The fourth-order valence-corrected chi connectivity index (χ4v) is 7.21. The van der Waals surface area contributed by atoms with Gasteiger partial charge in [-0.3, -0.25) is 9.36 Å². The van der Waals surface area contributed by atoms with E-state index in [0.717, 1.165) is 42.6 Å². The van der Waals surface area contributed by atoms with Crippen LogP contribution < -0.4 is 16.2 Å². The lowest BCUT2D eigenvalue weighted by Crippen LogP contribution is -2.26. The molecule has 1 aliphatic carbocycles. The van der Waals surface area contributed by atoms with E-state index in [-0.39, 0.29) is 5.56 Å². The standard InChI is InChI=1S/C36H35N5OS/c1-24(25-7-3-2-4-8-25)32-21-29-22-38-36(39-30-13-11-26(12-14-30)27-15-18-37-19-16-27)40-34(29)41(35(32)42)23-33-31(17-20-43-33)28-9-5-6-10-28/h2-4,7-9,11-14,17,20-22,27,37H,1,5-6,10,15-16,18-19,23H2,(H,38,39,40). The number of nitrogens with zero attached hydrogens (tertiary/aromatic N) is 3. The molecule has 216 valence electrons. The molecule has 0 atom stereocenters. The zero-order valence-corrected chi connectivity index (χ0v) is 25.0. The fraction of sp³-hybridized carbons (Fsp3) is 0.250. The summed E-state index contributed by atoms with van der Waals surface area (Å²) in [6.45, 7) is 6.90. The maximum absolute atomic E-state index is 14.2. The molecule has 1 fully saturated rings. The van der Waals surface area contributed by atoms with Crippen LogP contribution in [0.15, 0.2) is 95.8 Å². The lowest BCUT2D eigenvalue weighted by Gasteiger charge is -2.23. The number of benzene rings is 2. The van der Waals surface area contributed by atoms with Gasteiger partial charge in [-0.05, 0) is 109 Å². The average Bonchev–Trinajstić information content (AvgIpc) is 3.76. The number of hydrogen-bond donors (Lipinski definition) is 2. The van der Waals surface area contributed by atoms with Gasteiger partial charge in [-0.15, -0.1) is 11.3 Å². The van der Waals surface area contributed by atoms with Crippen LogP contribution in [0, 0.1) is 0 Å². The van der Waals surface area contributed by atoms with E-state index in [1.165, 1.54) is 40.8 Å². The van der Waals surface area contributed by atoms with Crippen molar-refractivity contribution in [3.63, 3.8) is 0 Å². The number of pyridine rings is 1. The summed E-state index contributed by atoms with van der Waals surface area (Å²) in [6.07, 6.45) is 9.85. The first-order chi connectivity index (χ1) is 21.1. The summed E-state index contributed by atoms with van der Waals surface area (Å²) >= 11 is 1.69. The quantitative estimate of drug-likeness (QED) is 0.195. The zero-order valence-electron chi connectivity index (χ0n) is 24.2. The Morgan fingerprint density at radius 1 is 1.07 bits per heavy atom. The number of piperidine rings is 1. The summed E-state index contributed by atoms with van der Waals surface area (Å²) in [5.41, 5.74) is 7.61. The van der Waals surface area contributed by atoms with E-state index in [0.29, 0.717) is 35.2 Å². The molecule has 43 heavy (non-hydrogen) atoms. The number of allylic oxidation sites excluding steroid dienone is 2. The summed E-state index contributed by atoms with van der Waals surface area (Å²) in [4.78, 5) is 25.0. The number of anilines is 2. The van der Waals surface area contributed by atoms with Gasteiger partial charge >= 0.3 is 0 Å². The zero-order chi connectivity index (χ0) is 29.2. The Bertz CT molecular complexity index is 1860. The van der Waals surface area contributed by atoms with Crippen LogP contribution in [0.25, 0.3) is 22.2 Å². The molecular formula is C36H35N5OS. The molecule has 0 unspecified atom stereocenters. The van der Waals surface area contributed by atoms with Crippen molar-refractivity contribution < 1.29 is 0 Å². The third-order valence-corrected chi connectivity index (χ3v) is 9.59. The molecule has 0 bridgehead atoms. The predicted octanol–water partition coefficient (Wildman–Crippen LogP) is 7.74. The second-order valence-corrected chi connectivity index (χ2v) is 12.4. The minimum atomic E-state index is -0.0999. The Morgan fingerprint density at radius 3 is 2.65 bits per heavy atom. The number of fused-ring (bicyclic) bond motifs is 1. The molecule has 7 rings (SSSR count). The van der Waals surface area contributed by atoms with Gasteiger partial charge < -0.3 is 10.6 Å². The molecule has 0 saturated carbocycles. The minimum absolute atomic E-state index is 0.0999. The van der Waals surface area contributed by atoms with Crippen molar-refractivity contribution in [2.45, 2.75) is 44.6 Å². The monoisotopic (exact) mass is 585 g/mol. The molecule has 1 saturated heterocycles. The first-order valence-corrected chi connectivity index (χ1v) is 16.0. The number of aromatic nitrogens is 3.